The van der Waals surface area contributed by atoms with Crippen molar-refractivity contribution in [1.29, 1.82) is 0 Å². The van der Waals surface area contributed by atoms with Crippen molar-refractivity contribution in [2.75, 3.05) is 18.0 Å². The van der Waals surface area contributed by atoms with Gasteiger partial charge in [0.15, 0.2) is 0 Å². The zero-order valence-corrected chi connectivity index (χ0v) is 8.64. The van der Waals surface area contributed by atoms with Crippen molar-refractivity contribution >= 4 is 17.3 Å². The summed E-state index contributed by atoms with van der Waals surface area (Å²) in [6, 6.07) is 6.22. The zero-order valence-electron chi connectivity index (χ0n) is 7.89. The van der Waals surface area contributed by atoms with Gasteiger partial charge >= 0.3 is 0 Å². The number of anilines is 1. The molecule has 0 bridgehead atoms. The summed E-state index contributed by atoms with van der Waals surface area (Å²) in [4.78, 5) is 2.41. The third-order valence-electron chi connectivity index (χ3n) is 2.64. The first-order valence-corrected chi connectivity index (χ1v) is 5.22. The number of benzene rings is 1. The molecular weight excluding hydrogens is 182 g/mol. The molecule has 2 heteroatoms. The maximum Gasteiger partial charge on any atom is 0.0410 e. The molecule has 0 unspecified atom stereocenters. The highest BCUT2D eigenvalue weighted by Crippen LogP contribution is 2.28. The van der Waals surface area contributed by atoms with Crippen molar-refractivity contribution < 1.29 is 0 Å². The van der Waals surface area contributed by atoms with Gasteiger partial charge in [0.1, 0.15) is 0 Å². The zero-order chi connectivity index (χ0) is 9.26. The van der Waals surface area contributed by atoms with Gasteiger partial charge in [0.05, 0.1) is 0 Å². The molecule has 1 nitrogen and oxygen atoms in total. The van der Waals surface area contributed by atoms with Crippen molar-refractivity contribution in [2.24, 2.45) is 0 Å². The van der Waals surface area contributed by atoms with Gasteiger partial charge in [0.2, 0.25) is 0 Å². The second kappa shape index (κ2) is 3.59. The molecule has 0 aromatic heterocycles. The summed E-state index contributed by atoms with van der Waals surface area (Å²) in [5.41, 5.74) is 2.78. The van der Waals surface area contributed by atoms with Crippen LogP contribution >= 0.6 is 11.6 Å². The SMILES string of the molecule is CCN1CCCc2cc(Cl)ccc21. The molecule has 0 spiro atoms. The van der Waals surface area contributed by atoms with E-state index in [4.69, 9.17) is 11.6 Å². The lowest BCUT2D eigenvalue weighted by Crippen LogP contribution is -2.28. The van der Waals surface area contributed by atoms with Crippen molar-refractivity contribution in [2.45, 2.75) is 19.8 Å². The van der Waals surface area contributed by atoms with Crippen LogP contribution in [0.1, 0.15) is 18.9 Å². The molecule has 1 heterocycles. The van der Waals surface area contributed by atoms with Crippen molar-refractivity contribution in [3.63, 3.8) is 0 Å². The molecule has 0 fully saturated rings. The van der Waals surface area contributed by atoms with E-state index in [1.165, 1.54) is 30.6 Å². The van der Waals surface area contributed by atoms with Crippen LogP contribution in [0.15, 0.2) is 18.2 Å². The highest BCUT2D eigenvalue weighted by Gasteiger charge is 2.14. The van der Waals surface area contributed by atoms with Crippen molar-refractivity contribution in [3.8, 4) is 0 Å². The molecule has 2 rings (SSSR count). The highest BCUT2D eigenvalue weighted by molar-refractivity contribution is 6.30. The fraction of sp³-hybridized carbons (Fsp3) is 0.455. The number of nitrogens with zero attached hydrogens (tertiary/aromatic N) is 1. The second-order valence-corrected chi connectivity index (χ2v) is 3.89. The van der Waals surface area contributed by atoms with E-state index in [0.29, 0.717) is 0 Å². The Kier molecular flexibility index (Phi) is 2.45. The first-order valence-electron chi connectivity index (χ1n) is 4.84. The number of aryl methyl sites for hydroxylation is 1. The summed E-state index contributed by atoms with van der Waals surface area (Å²) in [5, 5.41) is 0.858. The molecule has 0 N–H and O–H groups in total. The van der Waals surface area contributed by atoms with Gasteiger partial charge in [-0.25, -0.2) is 0 Å². The predicted molar refractivity (Wildman–Crippen MR) is 57.7 cm³/mol. The van der Waals surface area contributed by atoms with E-state index in [0.717, 1.165) is 11.6 Å². The van der Waals surface area contributed by atoms with Crippen LogP contribution in [0, 0.1) is 0 Å². The Bertz CT molecular complexity index is 309. The molecule has 1 aliphatic rings. The minimum Gasteiger partial charge on any atom is -0.372 e. The fourth-order valence-electron chi connectivity index (χ4n) is 1.97. The van der Waals surface area contributed by atoms with Crippen molar-refractivity contribution in [3.05, 3.63) is 28.8 Å². The highest BCUT2D eigenvalue weighted by atomic mass is 35.5. The number of hydrogen-bond donors (Lipinski definition) is 0. The molecule has 70 valence electrons. The van der Waals surface area contributed by atoms with Crippen LogP contribution in [-0.4, -0.2) is 13.1 Å². The van der Waals surface area contributed by atoms with Gasteiger partial charge in [-0.05, 0) is 43.5 Å². The third-order valence-corrected chi connectivity index (χ3v) is 2.87. The normalized spacial score (nSPS) is 15.7. The standard InChI is InChI=1S/C11H14ClN/c1-2-13-7-3-4-9-8-10(12)5-6-11(9)13/h5-6,8H,2-4,7H2,1H3. The Morgan fingerprint density at radius 1 is 1.46 bits per heavy atom. The third kappa shape index (κ3) is 1.66. The first kappa shape index (κ1) is 8.89. The van der Waals surface area contributed by atoms with Crippen LogP contribution in [0.25, 0.3) is 0 Å². The van der Waals surface area contributed by atoms with Gasteiger partial charge in [0, 0.05) is 23.8 Å². The lowest BCUT2D eigenvalue weighted by molar-refractivity contribution is 0.708. The summed E-state index contributed by atoms with van der Waals surface area (Å²) < 4.78 is 0. The Balaban J connectivity index is 2.40. The summed E-state index contributed by atoms with van der Waals surface area (Å²) in [6.07, 6.45) is 2.42. The average molecular weight is 196 g/mol. The molecule has 0 aliphatic carbocycles. The average Bonchev–Trinajstić information content (AvgIpc) is 2.16. The minimum atomic E-state index is 0.858. The van der Waals surface area contributed by atoms with E-state index in [9.17, 15) is 0 Å². The van der Waals surface area contributed by atoms with E-state index < -0.39 is 0 Å². The number of halogens is 1. The van der Waals surface area contributed by atoms with Gasteiger partial charge in [-0.2, -0.15) is 0 Å². The molecule has 1 aliphatic heterocycles. The molecule has 13 heavy (non-hydrogen) atoms. The molecular formula is C11H14ClN. The van der Waals surface area contributed by atoms with E-state index in [-0.39, 0.29) is 0 Å². The van der Waals surface area contributed by atoms with Crippen LogP contribution in [0.5, 0.6) is 0 Å². The maximum absolute atomic E-state index is 5.95. The van der Waals surface area contributed by atoms with Crippen LogP contribution in [0.4, 0.5) is 5.69 Å². The van der Waals surface area contributed by atoms with Gasteiger partial charge in [0.25, 0.3) is 0 Å². The predicted octanol–water partition coefficient (Wildman–Crippen LogP) is 3.11. The largest absolute Gasteiger partial charge is 0.372 e. The number of hydrogen-bond acceptors (Lipinski definition) is 1. The molecule has 0 amide bonds. The minimum absolute atomic E-state index is 0.858. The molecule has 1 aromatic carbocycles. The maximum atomic E-state index is 5.95. The van der Waals surface area contributed by atoms with Gasteiger partial charge in [-0.1, -0.05) is 11.6 Å². The van der Waals surface area contributed by atoms with Gasteiger partial charge < -0.3 is 4.90 Å². The molecule has 0 radical (unpaired) electrons. The van der Waals surface area contributed by atoms with Crippen LogP contribution < -0.4 is 4.90 Å². The quantitative estimate of drug-likeness (QED) is 0.666. The van der Waals surface area contributed by atoms with Gasteiger partial charge in [-0.3, -0.25) is 0 Å². The Morgan fingerprint density at radius 3 is 3.08 bits per heavy atom. The summed E-state index contributed by atoms with van der Waals surface area (Å²) in [5.74, 6) is 0. The van der Waals surface area contributed by atoms with Crippen LogP contribution in [-0.2, 0) is 6.42 Å². The lowest BCUT2D eigenvalue weighted by atomic mass is 10.0. The molecule has 0 saturated heterocycles. The summed E-state index contributed by atoms with van der Waals surface area (Å²) >= 11 is 5.95. The topological polar surface area (TPSA) is 3.24 Å². The smallest absolute Gasteiger partial charge is 0.0410 e. The monoisotopic (exact) mass is 195 g/mol. The molecule has 0 atom stereocenters. The van der Waals surface area contributed by atoms with E-state index in [1.807, 2.05) is 6.07 Å². The Morgan fingerprint density at radius 2 is 2.31 bits per heavy atom. The van der Waals surface area contributed by atoms with E-state index in [1.54, 1.807) is 0 Å². The lowest BCUT2D eigenvalue weighted by Gasteiger charge is -2.30. The Labute approximate surface area is 84.3 Å². The van der Waals surface area contributed by atoms with E-state index >= 15 is 0 Å². The van der Waals surface area contributed by atoms with Gasteiger partial charge in [-0.15, -0.1) is 0 Å². The van der Waals surface area contributed by atoms with Crippen LogP contribution in [0.3, 0.4) is 0 Å². The van der Waals surface area contributed by atoms with Crippen LogP contribution in [0.2, 0.25) is 5.02 Å². The molecule has 1 aromatic rings. The van der Waals surface area contributed by atoms with E-state index in [2.05, 4.69) is 24.0 Å². The second-order valence-electron chi connectivity index (χ2n) is 3.46. The summed E-state index contributed by atoms with van der Waals surface area (Å²) in [6.45, 7) is 4.48. The molecule has 0 saturated carbocycles. The van der Waals surface area contributed by atoms with Crippen molar-refractivity contribution in [1.82, 2.24) is 0 Å². The number of fused-ring (bicyclic) bond motifs is 1. The Hall–Kier alpha value is -0.690. The fourth-order valence-corrected chi connectivity index (χ4v) is 2.17. The first-order chi connectivity index (χ1) is 6.31. The summed E-state index contributed by atoms with van der Waals surface area (Å²) in [7, 11) is 0. The number of rotatable bonds is 1.